The van der Waals surface area contributed by atoms with Crippen LogP contribution < -0.4 is 5.90 Å². The van der Waals surface area contributed by atoms with Gasteiger partial charge in [-0.2, -0.15) is 13.7 Å². The predicted molar refractivity (Wildman–Crippen MR) is 49.2 cm³/mol. The lowest BCUT2D eigenvalue weighted by atomic mass is 10.9. The molecule has 0 aromatic rings. The van der Waals surface area contributed by atoms with Gasteiger partial charge >= 0.3 is 9.05 Å². The molecule has 8 nitrogen and oxygen atoms in total. The van der Waals surface area contributed by atoms with E-state index in [1.807, 2.05) is 0 Å². The predicted octanol–water partition coefficient (Wildman–Crippen LogP) is 0.217. The zero-order valence-electron chi connectivity index (χ0n) is 9.06. The van der Waals surface area contributed by atoms with Crippen LogP contribution in [0.4, 0.5) is 0 Å². The van der Waals surface area contributed by atoms with Gasteiger partial charge in [0.25, 0.3) is 0 Å². The molecule has 0 spiro atoms. The second kappa shape index (κ2) is 9.15. The van der Waals surface area contributed by atoms with E-state index in [4.69, 9.17) is 19.6 Å². The lowest BCUT2D eigenvalue weighted by Gasteiger charge is -2.21. The Morgan fingerprint density at radius 1 is 0.800 bits per heavy atom. The standard InChI is InChI=1S/C6H17NO7Si/c1-4-8-12-15(11-7,13-9-5-2)14-10-6-3/h4-7H2,1-3H3. The Hall–Kier alpha value is -0.103. The molecule has 15 heavy (non-hydrogen) atoms. The first-order valence-electron chi connectivity index (χ1n) is 4.54. The highest BCUT2D eigenvalue weighted by Gasteiger charge is 2.52. The highest BCUT2D eigenvalue weighted by Crippen LogP contribution is 2.11. The van der Waals surface area contributed by atoms with E-state index >= 15 is 0 Å². The first-order chi connectivity index (χ1) is 7.24. The Bertz CT molecular complexity index is 128. The molecule has 0 rings (SSSR count). The van der Waals surface area contributed by atoms with Crippen molar-refractivity contribution in [3.63, 3.8) is 0 Å². The molecule has 0 aromatic heterocycles. The molecule has 0 saturated heterocycles. The summed E-state index contributed by atoms with van der Waals surface area (Å²) in [4.78, 5) is 13.9. The maximum atomic E-state index is 4.98. The summed E-state index contributed by atoms with van der Waals surface area (Å²) in [6.45, 7) is 5.92. The van der Waals surface area contributed by atoms with Gasteiger partial charge in [0.05, 0.1) is 19.8 Å². The van der Waals surface area contributed by atoms with Crippen molar-refractivity contribution in [2.24, 2.45) is 5.90 Å². The quantitative estimate of drug-likeness (QED) is 0.331. The average molecular weight is 243 g/mol. The molecular weight excluding hydrogens is 226 g/mol. The number of hydrogen-bond acceptors (Lipinski definition) is 8. The van der Waals surface area contributed by atoms with E-state index in [0.29, 0.717) is 0 Å². The molecule has 0 aliphatic carbocycles. The van der Waals surface area contributed by atoms with Crippen molar-refractivity contribution >= 4 is 9.05 Å². The third-order valence-corrected chi connectivity index (χ3v) is 2.24. The summed E-state index contributed by atoms with van der Waals surface area (Å²) in [5.74, 6) is 4.98. The van der Waals surface area contributed by atoms with Gasteiger partial charge in [0, 0.05) is 0 Å². The van der Waals surface area contributed by atoms with Crippen LogP contribution in [0.15, 0.2) is 0 Å². The minimum absolute atomic E-state index is 0.267. The maximum absolute atomic E-state index is 4.98. The first kappa shape index (κ1) is 14.9. The van der Waals surface area contributed by atoms with Gasteiger partial charge in [-0.1, -0.05) is 0 Å². The smallest absolute Gasteiger partial charge is 0.264 e. The van der Waals surface area contributed by atoms with Crippen molar-refractivity contribution in [2.45, 2.75) is 20.8 Å². The molecule has 0 unspecified atom stereocenters. The van der Waals surface area contributed by atoms with Crippen LogP contribution in [0.1, 0.15) is 20.8 Å². The van der Waals surface area contributed by atoms with Crippen LogP contribution in [0.5, 0.6) is 0 Å². The van der Waals surface area contributed by atoms with Crippen LogP contribution in [-0.2, 0) is 32.9 Å². The summed E-state index contributed by atoms with van der Waals surface area (Å²) >= 11 is 0. The number of hydrogen-bond donors (Lipinski definition) is 1. The van der Waals surface area contributed by atoms with Crippen LogP contribution in [0.2, 0.25) is 0 Å². The van der Waals surface area contributed by atoms with Crippen LogP contribution in [0.25, 0.3) is 0 Å². The number of nitrogens with two attached hydrogens (primary N) is 1. The summed E-state index contributed by atoms with van der Waals surface area (Å²) in [6.07, 6.45) is 0. The van der Waals surface area contributed by atoms with Gasteiger partial charge < -0.3 is 0 Å². The molecule has 0 amide bonds. The second-order valence-corrected chi connectivity index (χ2v) is 3.82. The Morgan fingerprint density at radius 3 is 1.33 bits per heavy atom. The van der Waals surface area contributed by atoms with Crippen molar-refractivity contribution in [3.8, 4) is 0 Å². The van der Waals surface area contributed by atoms with E-state index in [1.54, 1.807) is 20.8 Å². The summed E-state index contributed by atoms with van der Waals surface area (Å²) in [5.41, 5.74) is 0. The van der Waals surface area contributed by atoms with Gasteiger partial charge in [-0.25, -0.2) is 20.6 Å². The van der Waals surface area contributed by atoms with Gasteiger partial charge in [-0.15, -0.1) is 0 Å². The minimum Gasteiger partial charge on any atom is -0.264 e. The third-order valence-electron chi connectivity index (χ3n) is 0.981. The van der Waals surface area contributed by atoms with Crippen molar-refractivity contribution in [3.05, 3.63) is 0 Å². The summed E-state index contributed by atoms with van der Waals surface area (Å²) < 4.78 is 18.6. The van der Waals surface area contributed by atoms with Crippen LogP contribution in [-0.4, -0.2) is 28.9 Å². The topological polar surface area (TPSA) is 90.6 Å². The molecule has 0 atom stereocenters. The van der Waals surface area contributed by atoms with E-state index in [-0.39, 0.29) is 19.8 Å². The van der Waals surface area contributed by atoms with Gasteiger partial charge in [0.2, 0.25) is 0 Å². The lowest BCUT2D eigenvalue weighted by Crippen LogP contribution is -2.51. The molecule has 0 fully saturated rings. The fourth-order valence-corrected chi connectivity index (χ4v) is 1.48. The second-order valence-electron chi connectivity index (χ2n) is 2.09. The van der Waals surface area contributed by atoms with Crippen molar-refractivity contribution in [2.75, 3.05) is 19.8 Å². The van der Waals surface area contributed by atoms with Gasteiger partial charge in [0.1, 0.15) is 0 Å². The average Bonchev–Trinajstić information content (AvgIpc) is 2.29. The highest BCUT2D eigenvalue weighted by molar-refractivity contribution is 6.52. The molecule has 9 heteroatoms. The summed E-state index contributed by atoms with van der Waals surface area (Å²) in [5, 5.41) is 0. The maximum Gasteiger partial charge on any atom is 0.781 e. The summed E-state index contributed by atoms with van der Waals surface area (Å²) in [6, 6.07) is 0. The molecule has 0 bridgehead atoms. The normalized spacial score (nSPS) is 12.0. The zero-order chi connectivity index (χ0) is 11.6. The van der Waals surface area contributed by atoms with Crippen LogP contribution in [0, 0.1) is 0 Å². The third kappa shape index (κ3) is 6.14. The van der Waals surface area contributed by atoms with Crippen molar-refractivity contribution < 1.29 is 32.9 Å². The molecule has 0 heterocycles. The van der Waals surface area contributed by atoms with Gasteiger partial charge in [-0.05, 0) is 20.8 Å². The SMILES string of the molecule is CCOO[Si](ON)(OOCC)OOCC. The Kier molecular flexibility index (Phi) is 9.08. The highest BCUT2D eigenvalue weighted by atomic mass is 28.4. The van der Waals surface area contributed by atoms with Gasteiger partial charge in [0.15, 0.2) is 0 Å². The van der Waals surface area contributed by atoms with Gasteiger partial charge in [-0.3, -0.25) is 4.53 Å². The lowest BCUT2D eigenvalue weighted by molar-refractivity contribution is -0.386. The van der Waals surface area contributed by atoms with Crippen LogP contribution in [0.3, 0.4) is 0 Å². The fourth-order valence-electron chi connectivity index (χ4n) is 0.494. The van der Waals surface area contributed by atoms with Crippen molar-refractivity contribution in [1.29, 1.82) is 0 Å². The van der Waals surface area contributed by atoms with E-state index in [9.17, 15) is 0 Å². The molecule has 0 saturated carbocycles. The monoisotopic (exact) mass is 243 g/mol. The van der Waals surface area contributed by atoms with E-state index in [1.165, 1.54) is 0 Å². The Morgan fingerprint density at radius 2 is 1.13 bits per heavy atom. The molecule has 0 aliphatic heterocycles. The zero-order valence-corrected chi connectivity index (χ0v) is 10.1. The molecule has 0 aliphatic rings. The van der Waals surface area contributed by atoms with Crippen LogP contribution >= 0.6 is 0 Å². The molecular formula is C6H17NO7Si. The van der Waals surface area contributed by atoms with E-state index in [2.05, 4.69) is 19.2 Å². The summed E-state index contributed by atoms with van der Waals surface area (Å²) in [7, 11) is -3.72. The molecule has 0 aromatic carbocycles. The molecule has 2 N–H and O–H groups in total. The minimum atomic E-state index is -3.72. The molecule has 0 radical (unpaired) electrons. The molecule has 92 valence electrons. The first-order valence-corrected chi connectivity index (χ1v) is 6.17. The Labute approximate surface area is 89.3 Å². The van der Waals surface area contributed by atoms with Crippen molar-refractivity contribution in [1.82, 2.24) is 0 Å². The van der Waals surface area contributed by atoms with E-state index in [0.717, 1.165) is 0 Å². The largest absolute Gasteiger partial charge is 0.781 e. The Balaban J connectivity index is 4.16. The fraction of sp³-hybridized carbons (Fsp3) is 1.00. The van der Waals surface area contributed by atoms with E-state index < -0.39 is 9.05 Å². The number of rotatable bonds is 10.